The van der Waals surface area contributed by atoms with Crippen molar-refractivity contribution in [3.05, 3.63) is 89.0 Å². The topological polar surface area (TPSA) is 27.7 Å². The van der Waals surface area contributed by atoms with Crippen molar-refractivity contribution in [1.29, 1.82) is 0 Å². The van der Waals surface area contributed by atoms with E-state index in [0.29, 0.717) is 36.3 Å². The van der Waals surface area contributed by atoms with Crippen LogP contribution < -0.4 is 14.0 Å². The molecule has 60 heavy (non-hydrogen) atoms. The second-order valence-corrected chi connectivity index (χ2v) is 15.9. The lowest BCUT2D eigenvalue weighted by atomic mass is 10.00. The quantitative estimate of drug-likeness (QED) is 0.0301. The van der Waals surface area contributed by atoms with Gasteiger partial charge >= 0.3 is 25.9 Å². The molecule has 0 bridgehead atoms. The smallest absolute Gasteiger partial charge is 0.490 e. The molecule has 0 radical (unpaired) electrons. The molecule has 0 aliphatic rings. The van der Waals surface area contributed by atoms with Gasteiger partial charge in [0.15, 0.2) is 0 Å². The van der Waals surface area contributed by atoms with Crippen molar-refractivity contribution in [3.63, 3.8) is 0 Å². The molecular weight excluding hydrogens is 796 g/mol. The van der Waals surface area contributed by atoms with Crippen LogP contribution in [0.3, 0.4) is 0 Å². The van der Waals surface area contributed by atoms with Crippen molar-refractivity contribution in [1.82, 2.24) is 0 Å². The highest BCUT2D eigenvalue weighted by Gasteiger charge is 2.41. The number of hydrogen-bond donors (Lipinski definition) is 0. The van der Waals surface area contributed by atoms with Crippen LogP contribution in [0.2, 0.25) is 0 Å². The molecule has 0 aromatic heterocycles. The van der Waals surface area contributed by atoms with Crippen molar-refractivity contribution in [2.75, 3.05) is 19.6 Å². The lowest BCUT2D eigenvalue weighted by Crippen LogP contribution is -2.50. The van der Waals surface area contributed by atoms with Gasteiger partial charge in [-0.1, -0.05) is 116 Å². The van der Waals surface area contributed by atoms with Crippen LogP contribution >= 0.6 is 0 Å². The minimum Gasteiger partial charge on any atom is -0.490 e. The summed E-state index contributed by atoms with van der Waals surface area (Å²) in [6.45, 7) is 8.30. The second-order valence-electron chi connectivity index (χ2n) is 15.9. The molecule has 0 aliphatic heterocycles. The monoisotopic (exact) mass is 860 g/mol. The molecule has 0 atom stereocenters. The van der Waals surface area contributed by atoms with E-state index >= 15 is 13.2 Å². The minimum atomic E-state index is -4.82. The van der Waals surface area contributed by atoms with Gasteiger partial charge in [-0.3, -0.25) is 0 Å². The van der Waals surface area contributed by atoms with E-state index in [2.05, 4.69) is 20.8 Å². The predicted molar refractivity (Wildman–Crippen MR) is 221 cm³/mol. The predicted octanol–water partition coefficient (Wildman–Crippen LogP) is 15.7. The zero-order chi connectivity index (χ0) is 44.1. The summed E-state index contributed by atoms with van der Waals surface area (Å²) in [5, 5.41) is 0. The van der Waals surface area contributed by atoms with Gasteiger partial charge in [0.1, 0.15) is 23.8 Å². The van der Waals surface area contributed by atoms with Crippen LogP contribution in [0.1, 0.15) is 159 Å². The van der Waals surface area contributed by atoms with Crippen molar-refractivity contribution >= 4 is 7.32 Å². The number of hydrogen-bond acceptors (Lipinski definition) is 3. The Morgan fingerprint density at radius 1 is 0.450 bits per heavy atom. The molecule has 0 aliphatic carbocycles. The summed E-state index contributed by atoms with van der Waals surface area (Å²) in [6, 6.07) is 10.8. The molecule has 0 amide bonds. The molecule has 0 saturated carbocycles. The van der Waals surface area contributed by atoms with Gasteiger partial charge in [-0.2, -0.15) is 39.5 Å². The first kappa shape index (κ1) is 50.8. The fourth-order valence-electron chi connectivity index (χ4n) is 7.58. The highest BCUT2D eigenvalue weighted by atomic mass is 19.4. The summed E-state index contributed by atoms with van der Waals surface area (Å²) in [7, 11) is -2.09. The molecule has 3 aromatic carbocycles. The number of halogens is 9. The molecule has 0 unspecified atom stereocenters. The first-order valence-corrected chi connectivity index (χ1v) is 21.9. The molecular formula is C46H64BF9NO3+. The third kappa shape index (κ3) is 18.2. The molecule has 14 heteroatoms. The average Bonchev–Trinajstić information content (AvgIpc) is 3.18. The number of unbranched alkanes of at least 4 members (excludes halogenated alkanes) is 15. The number of benzene rings is 3. The number of nitrogens with zero attached hydrogens (tertiary/aromatic N) is 1. The summed E-state index contributed by atoms with van der Waals surface area (Å²) < 4.78 is 145. The highest BCUT2D eigenvalue weighted by Crippen LogP contribution is 2.40. The molecule has 0 saturated heterocycles. The van der Waals surface area contributed by atoms with E-state index in [1.807, 2.05) is 0 Å². The van der Waals surface area contributed by atoms with E-state index in [9.17, 15) is 26.3 Å². The molecule has 0 spiro atoms. The highest BCUT2D eigenvalue weighted by molar-refractivity contribution is 6.39. The molecule has 3 aromatic rings. The summed E-state index contributed by atoms with van der Waals surface area (Å²) in [4.78, 5) is 0. The Hall–Kier alpha value is -3.55. The van der Waals surface area contributed by atoms with Gasteiger partial charge in [-0.05, 0) is 87.1 Å². The molecule has 336 valence electrons. The fraction of sp³-hybridized carbons (Fsp3) is 0.609. The maximum absolute atomic E-state index is 15.1. The molecule has 0 fully saturated rings. The Labute approximate surface area is 351 Å². The maximum atomic E-state index is 15.1. The van der Waals surface area contributed by atoms with Crippen LogP contribution in [-0.4, -0.2) is 31.4 Å². The van der Waals surface area contributed by atoms with E-state index in [4.69, 9.17) is 14.0 Å². The fourth-order valence-corrected chi connectivity index (χ4v) is 7.58. The van der Waals surface area contributed by atoms with E-state index in [1.54, 1.807) is 0 Å². The molecule has 0 heterocycles. The first-order chi connectivity index (χ1) is 28.5. The minimum absolute atomic E-state index is 0.0519. The Morgan fingerprint density at radius 2 is 0.833 bits per heavy atom. The van der Waals surface area contributed by atoms with Crippen molar-refractivity contribution in [3.8, 4) is 17.2 Å². The number of quaternary nitrogens is 1. The molecule has 3 rings (SSSR count). The Bertz CT molecular complexity index is 1550. The van der Waals surface area contributed by atoms with Crippen LogP contribution in [0, 0.1) is 0 Å². The molecule has 0 N–H and O–H groups in total. The maximum Gasteiger partial charge on any atom is 0.864 e. The summed E-state index contributed by atoms with van der Waals surface area (Å²) >= 11 is 0. The van der Waals surface area contributed by atoms with Gasteiger partial charge in [0.25, 0.3) is 0 Å². The van der Waals surface area contributed by atoms with Gasteiger partial charge < -0.3 is 18.4 Å². The Kier molecular flexibility index (Phi) is 21.5. The second kappa shape index (κ2) is 25.4. The van der Waals surface area contributed by atoms with Crippen LogP contribution in [0.25, 0.3) is 0 Å². The standard InChI is InChI=1S/C46H64BF9NO3/c1-4-7-10-13-16-19-31-57(32-20-17-14-11-8-5-2,33-21-18-15-12-9-6-3)36-41-42(46(54,55)56)29-24-30-43(41)60-47(58-39-27-22-25-37(34-39)44(48,49)50)59-40-28-23-26-38(35-40)45(51,52)53/h22-30,34-35H,4-21,31-33,36H2,1-3H3/q+1. The van der Waals surface area contributed by atoms with Gasteiger partial charge in [-0.15, -0.1) is 0 Å². The van der Waals surface area contributed by atoms with Crippen LogP contribution in [0.4, 0.5) is 39.5 Å². The summed E-state index contributed by atoms with van der Waals surface area (Å²) in [5.41, 5.74) is -3.27. The first-order valence-electron chi connectivity index (χ1n) is 21.9. The van der Waals surface area contributed by atoms with Crippen molar-refractivity contribution in [2.45, 2.75) is 161 Å². The Balaban J connectivity index is 2.13. The lowest BCUT2D eigenvalue weighted by molar-refractivity contribution is -0.941. The van der Waals surface area contributed by atoms with Gasteiger partial charge in [0.2, 0.25) is 0 Å². The number of rotatable bonds is 29. The Morgan fingerprint density at radius 3 is 1.22 bits per heavy atom. The van der Waals surface area contributed by atoms with Crippen molar-refractivity contribution in [2.24, 2.45) is 0 Å². The molecule has 4 nitrogen and oxygen atoms in total. The SMILES string of the molecule is CCCCCCCC[N+](CCCCCCCC)(CCCCCCCC)Cc1c(OB(Oc2cccc(C(F)(F)F)c2)Oc2cccc(C(F)(F)F)c2)cccc1C(F)(F)F. The lowest BCUT2D eigenvalue weighted by Gasteiger charge is -2.40. The van der Waals surface area contributed by atoms with Gasteiger partial charge in [0.05, 0.1) is 41.9 Å². The van der Waals surface area contributed by atoms with E-state index in [1.165, 1.54) is 6.07 Å². The zero-order valence-electron chi connectivity index (χ0n) is 35.6. The third-order valence-corrected chi connectivity index (χ3v) is 10.9. The van der Waals surface area contributed by atoms with Crippen molar-refractivity contribution < 1.29 is 58.0 Å². The zero-order valence-corrected chi connectivity index (χ0v) is 35.6. The largest absolute Gasteiger partial charge is 0.864 e. The van der Waals surface area contributed by atoms with Crippen LogP contribution in [0.15, 0.2) is 66.7 Å². The van der Waals surface area contributed by atoms with E-state index in [0.717, 1.165) is 164 Å². The van der Waals surface area contributed by atoms with Crippen LogP contribution in [0.5, 0.6) is 17.2 Å². The normalized spacial score (nSPS) is 12.5. The van der Waals surface area contributed by atoms with E-state index in [-0.39, 0.29) is 17.9 Å². The third-order valence-electron chi connectivity index (χ3n) is 10.9. The van der Waals surface area contributed by atoms with E-state index < -0.39 is 54.0 Å². The summed E-state index contributed by atoms with van der Waals surface area (Å²) in [6.07, 6.45) is 3.84. The summed E-state index contributed by atoms with van der Waals surface area (Å²) in [5.74, 6) is -1.13. The van der Waals surface area contributed by atoms with Crippen LogP contribution in [-0.2, 0) is 25.1 Å². The van der Waals surface area contributed by atoms with Gasteiger partial charge in [-0.25, -0.2) is 0 Å². The van der Waals surface area contributed by atoms with Gasteiger partial charge in [0, 0.05) is 0 Å². The average molecular weight is 861 g/mol. The number of alkyl halides is 9.